The van der Waals surface area contributed by atoms with Gasteiger partial charge in [-0.2, -0.15) is 5.10 Å². The Bertz CT molecular complexity index is 504. The molecule has 1 amide bonds. The van der Waals surface area contributed by atoms with E-state index in [9.17, 15) is 13.2 Å². The normalized spacial score (nSPS) is 11.8. The van der Waals surface area contributed by atoms with E-state index in [0.29, 0.717) is 0 Å². The van der Waals surface area contributed by atoms with Crippen molar-refractivity contribution in [2.24, 2.45) is 7.05 Å². The highest BCUT2D eigenvalue weighted by Gasteiger charge is 2.26. The van der Waals surface area contributed by atoms with Crippen molar-refractivity contribution >= 4 is 21.8 Å². The molecule has 0 aromatic carbocycles. The van der Waals surface area contributed by atoms with Crippen molar-refractivity contribution in [2.45, 2.75) is 5.03 Å². The molecule has 0 aliphatic heterocycles. The maximum atomic E-state index is 11.8. The summed E-state index contributed by atoms with van der Waals surface area (Å²) in [5.74, 6) is 0. The van der Waals surface area contributed by atoms with E-state index in [2.05, 4.69) is 5.10 Å². The quantitative estimate of drug-likeness (QED) is 0.768. The van der Waals surface area contributed by atoms with E-state index >= 15 is 0 Å². The molecule has 8 nitrogen and oxygen atoms in total. The number of nitrogens with one attached hydrogen (secondary N) is 1. The minimum atomic E-state index is -3.73. The van der Waals surface area contributed by atoms with Gasteiger partial charge in [0, 0.05) is 21.1 Å². The Morgan fingerprint density at radius 3 is 2.56 bits per heavy atom. The number of anilines is 1. The average molecular weight is 248 g/mol. The lowest BCUT2D eigenvalue weighted by Crippen LogP contribution is -2.26. The van der Waals surface area contributed by atoms with E-state index in [1.807, 2.05) is 5.32 Å². The number of amides is 1. The number of rotatable bonds is 3. The minimum Gasteiger partial charge on any atom is -0.465 e. The molecule has 0 saturated carbocycles. The number of aryl methyl sites for hydroxylation is 1. The molecule has 1 aromatic rings. The molecule has 1 rings (SSSR count). The predicted molar refractivity (Wildman–Crippen MR) is 55.7 cm³/mol. The van der Waals surface area contributed by atoms with Gasteiger partial charge in [-0.3, -0.25) is 10.00 Å². The van der Waals surface area contributed by atoms with Gasteiger partial charge in [-0.05, 0) is 0 Å². The lowest BCUT2D eigenvalue weighted by atomic mass is 10.6. The summed E-state index contributed by atoms with van der Waals surface area (Å²) in [6.45, 7) is 0. The molecular weight excluding hydrogens is 236 g/mol. The van der Waals surface area contributed by atoms with E-state index in [1.165, 1.54) is 21.1 Å². The highest BCUT2D eigenvalue weighted by Crippen LogP contribution is 2.22. The van der Waals surface area contributed by atoms with Crippen LogP contribution in [0.15, 0.2) is 11.2 Å². The number of aromatic nitrogens is 2. The number of hydrogen-bond donors (Lipinski definition) is 2. The molecular formula is C7H12N4O4S. The standard InChI is InChI=1S/C7H12N4O4S/c1-10(2)16(14,15)6-5(9-7(12)13)4-8-11(6)3/h4,9H,1-3H3,(H,12,13). The maximum Gasteiger partial charge on any atom is 0.409 e. The second-order valence-electron chi connectivity index (χ2n) is 3.20. The Balaban J connectivity index is 3.33. The molecule has 0 fully saturated rings. The van der Waals surface area contributed by atoms with E-state index < -0.39 is 16.1 Å². The average Bonchev–Trinajstić information content (AvgIpc) is 2.46. The summed E-state index contributed by atoms with van der Waals surface area (Å²) in [7, 11) is 0.396. The van der Waals surface area contributed by atoms with Gasteiger partial charge in [0.1, 0.15) is 5.69 Å². The molecule has 0 spiro atoms. The first-order valence-corrected chi connectivity index (χ1v) is 5.65. The molecule has 0 atom stereocenters. The van der Waals surface area contributed by atoms with Crippen LogP contribution < -0.4 is 5.32 Å². The van der Waals surface area contributed by atoms with Crippen molar-refractivity contribution in [2.75, 3.05) is 19.4 Å². The Labute approximate surface area is 92.5 Å². The topological polar surface area (TPSA) is 105 Å². The fraction of sp³-hybridized carbons (Fsp3) is 0.429. The van der Waals surface area contributed by atoms with Crippen LogP contribution in [-0.4, -0.2) is 47.8 Å². The Morgan fingerprint density at radius 2 is 2.12 bits per heavy atom. The molecule has 0 aliphatic carbocycles. The zero-order valence-corrected chi connectivity index (χ0v) is 9.82. The zero-order valence-electron chi connectivity index (χ0n) is 9.00. The van der Waals surface area contributed by atoms with Crippen LogP contribution >= 0.6 is 0 Å². The van der Waals surface area contributed by atoms with Crippen molar-refractivity contribution in [1.82, 2.24) is 14.1 Å². The van der Waals surface area contributed by atoms with Gasteiger partial charge in [0.25, 0.3) is 10.0 Å². The first-order valence-electron chi connectivity index (χ1n) is 4.21. The van der Waals surface area contributed by atoms with Crippen LogP contribution in [0.3, 0.4) is 0 Å². The van der Waals surface area contributed by atoms with Crippen LogP contribution in [0.5, 0.6) is 0 Å². The molecule has 0 saturated heterocycles. The van der Waals surface area contributed by atoms with Crippen LogP contribution in [0.4, 0.5) is 10.5 Å². The van der Waals surface area contributed by atoms with Crippen molar-refractivity contribution < 1.29 is 18.3 Å². The third kappa shape index (κ3) is 2.14. The SMILES string of the molecule is CN(C)S(=O)(=O)c1c(NC(=O)O)cnn1C. The fourth-order valence-corrected chi connectivity index (χ4v) is 2.21. The third-order valence-electron chi connectivity index (χ3n) is 1.85. The van der Waals surface area contributed by atoms with E-state index in [0.717, 1.165) is 15.2 Å². The maximum absolute atomic E-state index is 11.8. The van der Waals surface area contributed by atoms with Crippen molar-refractivity contribution in [1.29, 1.82) is 0 Å². The molecule has 2 N–H and O–H groups in total. The summed E-state index contributed by atoms with van der Waals surface area (Å²) in [5, 5.41) is 14.0. The van der Waals surface area contributed by atoms with Crippen molar-refractivity contribution in [3.8, 4) is 0 Å². The molecule has 1 aromatic heterocycles. The summed E-state index contributed by atoms with van der Waals surface area (Å²) in [5.41, 5.74) is -0.0660. The summed E-state index contributed by atoms with van der Waals surface area (Å²) in [4.78, 5) is 10.5. The number of carbonyl (C=O) groups is 1. The van der Waals surface area contributed by atoms with E-state index in [4.69, 9.17) is 5.11 Å². The molecule has 0 bridgehead atoms. The molecule has 0 unspecified atom stereocenters. The Kier molecular flexibility index (Phi) is 3.19. The van der Waals surface area contributed by atoms with Gasteiger partial charge in [-0.25, -0.2) is 17.5 Å². The summed E-state index contributed by atoms with van der Waals surface area (Å²) in [6, 6.07) is 0. The van der Waals surface area contributed by atoms with Crippen LogP contribution in [0.2, 0.25) is 0 Å². The number of carboxylic acid groups (broad SMARTS) is 1. The summed E-state index contributed by atoms with van der Waals surface area (Å²) >= 11 is 0. The fourth-order valence-electron chi connectivity index (χ4n) is 1.11. The lowest BCUT2D eigenvalue weighted by Gasteiger charge is -2.12. The van der Waals surface area contributed by atoms with Crippen molar-refractivity contribution in [3.05, 3.63) is 6.20 Å². The molecule has 90 valence electrons. The largest absolute Gasteiger partial charge is 0.465 e. The van der Waals surface area contributed by atoms with Gasteiger partial charge < -0.3 is 5.11 Å². The van der Waals surface area contributed by atoms with Gasteiger partial charge in [0.05, 0.1) is 6.20 Å². The van der Waals surface area contributed by atoms with Crippen molar-refractivity contribution in [3.63, 3.8) is 0 Å². The second-order valence-corrected chi connectivity index (χ2v) is 5.27. The molecule has 16 heavy (non-hydrogen) atoms. The van der Waals surface area contributed by atoms with Crippen LogP contribution in [-0.2, 0) is 17.1 Å². The van der Waals surface area contributed by atoms with Crippen LogP contribution in [0, 0.1) is 0 Å². The Morgan fingerprint density at radius 1 is 1.56 bits per heavy atom. The minimum absolute atomic E-state index is 0.0660. The monoisotopic (exact) mass is 248 g/mol. The molecule has 1 heterocycles. The summed E-state index contributed by atoms with van der Waals surface area (Å²) < 4.78 is 25.8. The second kappa shape index (κ2) is 4.10. The highest BCUT2D eigenvalue weighted by atomic mass is 32.2. The number of nitrogens with zero attached hydrogens (tertiary/aromatic N) is 3. The van der Waals surface area contributed by atoms with Crippen LogP contribution in [0.25, 0.3) is 0 Å². The van der Waals surface area contributed by atoms with Crippen LogP contribution in [0.1, 0.15) is 0 Å². The predicted octanol–water partition coefficient (Wildman–Crippen LogP) is -0.240. The third-order valence-corrected chi connectivity index (χ3v) is 3.79. The highest BCUT2D eigenvalue weighted by molar-refractivity contribution is 7.89. The van der Waals surface area contributed by atoms with Gasteiger partial charge in [0.15, 0.2) is 5.03 Å². The van der Waals surface area contributed by atoms with Gasteiger partial charge in [-0.1, -0.05) is 0 Å². The first kappa shape index (κ1) is 12.5. The zero-order chi connectivity index (χ0) is 12.5. The molecule has 0 radical (unpaired) electrons. The first-order chi connectivity index (χ1) is 7.26. The number of hydrogen-bond acceptors (Lipinski definition) is 4. The van der Waals surface area contributed by atoms with Gasteiger partial charge in [0.2, 0.25) is 0 Å². The summed E-state index contributed by atoms with van der Waals surface area (Å²) in [6.07, 6.45) is -0.201. The molecule has 9 heteroatoms. The van der Waals surface area contributed by atoms with E-state index in [-0.39, 0.29) is 10.7 Å². The number of sulfonamides is 1. The van der Waals surface area contributed by atoms with Gasteiger partial charge >= 0.3 is 6.09 Å². The van der Waals surface area contributed by atoms with Gasteiger partial charge in [-0.15, -0.1) is 0 Å². The molecule has 0 aliphatic rings. The smallest absolute Gasteiger partial charge is 0.409 e. The lowest BCUT2D eigenvalue weighted by molar-refractivity contribution is 0.209. The Hall–Kier alpha value is -1.61. The van der Waals surface area contributed by atoms with E-state index in [1.54, 1.807) is 0 Å².